The molecule has 0 saturated carbocycles. The van der Waals surface area contributed by atoms with Gasteiger partial charge in [0.05, 0.1) is 6.61 Å². The molecular weight excluding hydrogens is 270 g/mol. The van der Waals surface area contributed by atoms with Crippen molar-refractivity contribution in [1.82, 2.24) is 0 Å². The van der Waals surface area contributed by atoms with E-state index < -0.39 is 10.0 Å². The standard InChI is InChI=1S/C12H13NO3S2/c1-9-2-4-10(5-3-9)13-18(15,16)12-7-6-11(8-14)17-12/h2-7,13-14H,8H2,1H3. The van der Waals surface area contributed by atoms with Crippen LogP contribution in [0.15, 0.2) is 40.6 Å². The van der Waals surface area contributed by atoms with Crippen LogP contribution in [-0.4, -0.2) is 13.5 Å². The van der Waals surface area contributed by atoms with Crippen LogP contribution in [0.4, 0.5) is 5.69 Å². The molecule has 96 valence electrons. The average molecular weight is 283 g/mol. The lowest BCUT2D eigenvalue weighted by atomic mass is 10.2. The molecule has 0 bridgehead atoms. The van der Waals surface area contributed by atoms with Gasteiger partial charge in [-0.2, -0.15) is 0 Å². The smallest absolute Gasteiger partial charge is 0.271 e. The summed E-state index contributed by atoms with van der Waals surface area (Å²) >= 11 is 1.06. The normalized spacial score (nSPS) is 11.4. The Kier molecular flexibility index (Phi) is 3.70. The van der Waals surface area contributed by atoms with Gasteiger partial charge in [0.2, 0.25) is 0 Å². The first-order chi connectivity index (χ1) is 8.51. The molecule has 2 aromatic rings. The number of thiophene rings is 1. The van der Waals surface area contributed by atoms with Crippen molar-refractivity contribution in [3.8, 4) is 0 Å². The fourth-order valence-corrected chi connectivity index (χ4v) is 3.69. The van der Waals surface area contributed by atoms with Gasteiger partial charge in [-0.25, -0.2) is 8.42 Å². The maximum Gasteiger partial charge on any atom is 0.271 e. The summed E-state index contributed by atoms with van der Waals surface area (Å²) in [5, 5.41) is 8.93. The number of aliphatic hydroxyl groups is 1. The summed E-state index contributed by atoms with van der Waals surface area (Å²) in [5.74, 6) is 0. The van der Waals surface area contributed by atoms with E-state index in [1.54, 1.807) is 18.2 Å². The van der Waals surface area contributed by atoms with E-state index in [1.807, 2.05) is 19.1 Å². The Morgan fingerprint density at radius 3 is 2.39 bits per heavy atom. The highest BCUT2D eigenvalue weighted by molar-refractivity contribution is 7.94. The predicted octanol–water partition coefficient (Wildman–Crippen LogP) is 2.35. The first-order valence-corrected chi connectivity index (χ1v) is 7.60. The lowest BCUT2D eigenvalue weighted by Crippen LogP contribution is -2.11. The summed E-state index contributed by atoms with van der Waals surface area (Å²) < 4.78 is 26.8. The Morgan fingerprint density at radius 1 is 1.17 bits per heavy atom. The van der Waals surface area contributed by atoms with Gasteiger partial charge in [-0.15, -0.1) is 11.3 Å². The van der Waals surface area contributed by atoms with E-state index in [4.69, 9.17) is 5.11 Å². The van der Waals surface area contributed by atoms with Crippen molar-refractivity contribution in [1.29, 1.82) is 0 Å². The fourth-order valence-electron chi connectivity index (χ4n) is 1.41. The van der Waals surface area contributed by atoms with Crippen LogP contribution in [0.1, 0.15) is 10.4 Å². The van der Waals surface area contributed by atoms with Crippen molar-refractivity contribution in [3.63, 3.8) is 0 Å². The number of nitrogens with one attached hydrogen (secondary N) is 1. The highest BCUT2D eigenvalue weighted by atomic mass is 32.2. The lowest BCUT2D eigenvalue weighted by Gasteiger charge is -2.06. The minimum absolute atomic E-state index is 0.148. The van der Waals surface area contributed by atoms with Crippen molar-refractivity contribution in [2.45, 2.75) is 17.7 Å². The Hall–Kier alpha value is -1.37. The molecule has 1 aromatic heterocycles. The zero-order valence-corrected chi connectivity index (χ0v) is 11.4. The van der Waals surface area contributed by atoms with Crippen LogP contribution in [0.2, 0.25) is 0 Å². The Balaban J connectivity index is 2.24. The van der Waals surface area contributed by atoms with Crippen LogP contribution in [0.3, 0.4) is 0 Å². The SMILES string of the molecule is Cc1ccc(NS(=O)(=O)c2ccc(CO)s2)cc1. The van der Waals surface area contributed by atoms with Crippen LogP contribution < -0.4 is 4.72 Å². The number of anilines is 1. The molecule has 0 amide bonds. The van der Waals surface area contributed by atoms with Gasteiger partial charge < -0.3 is 5.11 Å². The number of rotatable bonds is 4. The van der Waals surface area contributed by atoms with Crippen molar-refractivity contribution in [3.05, 3.63) is 46.8 Å². The summed E-state index contributed by atoms with van der Waals surface area (Å²) in [5.41, 5.74) is 1.59. The van der Waals surface area contributed by atoms with Crippen LogP contribution in [0, 0.1) is 6.92 Å². The molecule has 0 spiro atoms. The third-order valence-corrected chi connectivity index (χ3v) is 5.30. The summed E-state index contributed by atoms with van der Waals surface area (Å²) in [6, 6.07) is 10.2. The van der Waals surface area contributed by atoms with Gasteiger partial charge >= 0.3 is 0 Å². The molecule has 18 heavy (non-hydrogen) atoms. The zero-order valence-electron chi connectivity index (χ0n) is 9.75. The third-order valence-electron chi connectivity index (χ3n) is 2.36. The predicted molar refractivity (Wildman–Crippen MR) is 72.2 cm³/mol. The second-order valence-corrected chi connectivity index (χ2v) is 6.93. The summed E-state index contributed by atoms with van der Waals surface area (Å²) in [6.07, 6.45) is 0. The van der Waals surface area contributed by atoms with Crippen molar-refractivity contribution < 1.29 is 13.5 Å². The molecule has 0 aliphatic rings. The number of aryl methyl sites for hydroxylation is 1. The molecule has 2 N–H and O–H groups in total. The molecule has 0 aliphatic heterocycles. The number of hydrogen-bond acceptors (Lipinski definition) is 4. The maximum absolute atomic E-state index is 12.0. The molecule has 0 unspecified atom stereocenters. The van der Waals surface area contributed by atoms with Gasteiger partial charge in [0.25, 0.3) is 10.0 Å². The van der Waals surface area contributed by atoms with E-state index in [-0.39, 0.29) is 10.8 Å². The maximum atomic E-state index is 12.0. The van der Waals surface area contributed by atoms with Crippen LogP contribution in [0.25, 0.3) is 0 Å². The van der Waals surface area contributed by atoms with E-state index in [2.05, 4.69) is 4.72 Å². The number of hydrogen-bond donors (Lipinski definition) is 2. The van der Waals surface area contributed by atoms with E-state index >= 15 is 0 Å². The number of benzene rings is 1. The van der Waals surface area contributed by atoms with Crippen molar-refractivity contribution in [2.24, 2.45) is 0 Å². The monoisotopic (exact) mass is 283 g/mol. The van der Waals surface area contributed by atoms with Gasteiger partial charge in [0, 0.05) is 10.6 Å². The van der Waals surface area contributed by atoms with Gasteiger partial charge in [0.1, 0.15) is 4.21 Å². The van der Waals surface area contributed by atoms with E-state index in [0.717, 1.165) is 16.9 Å². The molecule has 0 aliphatic carbocycles. The highest BCUT2D eigenvalue weighted by Crippen LogP contribution is 2.24. The summed E-state index contributed by atoms with van der Waals surface area (Å²) in [4.78, 5) is 0.624. The van der Waals surface area contributed by atoms with Crippen molar-refractivity contribution in [2.75, 3.05) is 4.72 Å². The minimum atomic E-state index is -3.56. The van der Waals surface area contributed by atoms with E-state index in [1.165, 1.54) is 6.07 Å². The van der Waals surface area contributed by atoms with Crippen LogP contribution in [-0.2, 0) is 16.6 Å². The van der Waals surface area contributed by atoms with Gasteiger partial charge in [-0.05, 0) is 31.2 Å². The average Bonchev–Trinajstić information content (AvgIpc) is 2.81. The molecule has 1 heterocycles. The number of sulfonamides is 1. The molecule has 6 heteroatoms. The largest absolute Gasteiger partial charge is 0.391 e. The lowest BCUT2D eigenvalue weighted by molar-refractivity contribution is 0.285. The van der Waals surface area contributed by atoms with Crippen molar-refractivity contribution >= 4 is 27.0 Å². The first kappa shape index (κ1) is 13.1. The second kappa shape index (κ2) is 5.09. The molecular formula is C12H13NO3S2. The second-order valence-electron chi connectivity index (χ2n) is 3.85. The summed E-state index contributed by atoms with van der Waals surface area (Å²) in [6.45, 7) is 1.79. The number of aliphatic hydroxyl groups excluding tert-OH is 1. The minimum Gasteiger partial charge on any atom is -0.391 e. The van der Waals surface area contributed by atoms with E-state index in [9.17, 15) is 8.42 Å². The molecule has 0 radical (unpaired) electrons. The van der Waals surface area contributed by atoms with Crippen LogP contribution in [0.5, 0.6) is 0 Å². The quantitative estimate of drug-likeness (QED) is 0.905. The van der Waals surface area contributed by atoms with Gasteiger partial charge in [0.15, 0.2) is 0 Å². The molecule has 0 atom stereocenters. The Labute approximate surface area is 110 Å². The molecule has 1 aromatic carbocycles. The van der Waals surface area contributed by atoms with Gasteiger partial charge in [-0.1, -0.05) is 17.7 Å². The fraction of sp³-hybridized carbons (Fsp3) is 0.167. The molecule has 2 rings (SSSR count). The third kappa shape index (κ3) is 2.90. The van der Waals surface area contributed by atoms with Crippen LogP contribution >= 0.6 is 11.3 Å². The van der Waals surface area contributed by atoms with Gasteiger partial charge in [-0.3, -0.25) is 4.72 Å². The molecule has 0 saturated heterocycles. The summed E-state index contributed by atoms with van der Waals surface area (Å²) in [7, 11) is -3.56. The zero-order chi connectivity index (χ0) is 13.2. The van der Waals surface area contributed by atoms with E-state index in [0.29, 0.717) is 10.6 Å². The Bertz CT molecular complexity index is 630. The first-order valence-electron chi connectivity index (χ1n) is 5.30. The molecule has 4 nitrogen and oxygen atoms in total. The highest BCUT2D eigenvalue weighted by Gasteiger charge is 2.16. The molecule has 0 fully saturated rings. The topological polar surface area (TPSA) is 66.4 Å². The Morgan fingerprint density at radius 2 is 1.83 bits per heavy atom.